The van der Waals surface area contributed by atoms with Crippen molar-refractivity contribution >= 4 is 11.9 Å². The van der Waals surface area contributed by atoms with E-state index in [0.717, 1.165) is 70.6 Å². The highest BCUT2D eigenvalue weighted by Crippen LogP contribution is 2.15. The standard InChI is InChI=1S/C49H85NO5/c1-4-7-10-13-16-19-21-22-23-24-25-27-30-33-36-39-42-49(54)55-45(40-37-34-31-29-26-20-17-14-11-8-5-2)43-48(53)50-46(44-51)47(52)41-38-35-32-28-18-15-12-9-6-3/h7,10,16,19,22-23,25,27,29,31,33,36,45-47,51-52H,4-6,8-9,11-15,17-18,20-21,24,26,28,30,32,34-35,37-44H2,1-3H3,(H,50,53)/b10-7+,19-16+,23-22+,27-25+,31-29-,36-33+. The summed E-state index contributed by atoms with van der Waals surface area (Å²) in [6, 6.07) is -0.724. The van der Waals surface area contributed by atoms with Crippen LogP contribution in [-0.4, -0.2) is 46.9 Å². The Bertz CT molecular complexity index is 1040. The summed E-state index contributed by atoms with van der Waals surface area (Å²) >= 11 is 0. The van der Waals surface area contributed by atoms with E-state index in [9.17, 15) is 19.8 Å². The minimum atomic E-state index is -0.806. The lowest BCUT2D eigenvalue weighted by atomic mass is 10.0. The molecule has 0 aromatic carbocycles. The summed E-state index contributed by atoms with van der Waals surface area (Å²) in [6.07, 6.45) is 52.6. The molecule has 1 amide bonds. The van der Waals surface area contributed by atoms with Crippen molar-refractivity contribution in [1.82, 2.24) is 5.32 Å². The molecular formula is C49H85NO5. The Balaban J connectivity index is 4.74. The number of hydrogen-bond acceptors (Lipinski definition) is 5. The number of amides is 1. The quantitative estimate of drug-likeness (QED) is 0.0329. The molecule has 0 fully saturated rings. The van der Waals surface area contributed by atoms with Crippen molar-refractivity contribution in [2.24, 2.45) is 0 Å². The van der Waals surface area contributed by atoms with Crippen LogP contribution < -0.4 is 5.32 Å². The van der Waals surface area contributed by atoms with E-state index >= 15 is 0 Å². The van der Waals surface area contributed by atoms with Gasteiger partial charge in [0.15, 0.2) is 0 Å². The lowest BCUT2D eigenvalue weighted by molar-refractivity contribution is -0.150. The molecule has 0 rings (SSSR count). The fourth-order valence-electron chi connectivity index (χ4n) is 6.36. The fraction of sp³-hybridized carbons (Fsp3) is 0.714. The third-order valence-corrected chi connectivity index (χ3v) is 9.78. The predicted octanol–water partition coefficient (Wildman–Crippen LogP) is 13.1. The van der Waals surface area contributed by atoms with Gasteiger partial charge in [0.05, 0.1) is 25.2 Å². The van der Waals surface area contributed by atoms with Gasteiger partial charge in [0, 0.05) is 6.42 Å². The van der Waals surface area contributed by atoms with Gasteiger partial charge < -0.3 is 20.3 Å². The number of carbonyl (C=O) groups is 2. The van der Waals surface area contributed by atoms with Crippen molar-refractivity contribution in [2.75, 3.05) is 6.61 Å². The Hall–Kier alpha value is -2.70. The zero-order valence-corrected chi connectivity index (χ0v) is 35.8. The molecule has 0 saturated heterocycles. The zero-order chi connectivity index (χ0) is 40.3. The molecule has 0 heterocycles. The monoisotopic (exact) mass is 768 g/mol. The average molecular weight is 768 g/mol. The first kappa shape index (κ1) is 52.3. The van der Waals surface area contributed by atoms with Crippen LogP contribution in [-0.2, 0) is 14.3 Å². The van der Waals surface area contributed by atoms with Crippen LogP contribution in [0.25, 0.3) is 0 Å². The molecule has 6 heteroatoms. The van der Waals surface area contributed by atoms with Crippen LogP contribution >= 0.6 is 0 Å². The number of nitrogens with one attached hydrogen (secondary N) is 1. The summed E-state index contributed by atoms with van der Waals surface area (Å²) in [5, 5.41) is 23.5. The van der Waals surface area contributed by atoms with Gasteiger partial charge in [0.2, 0.25) is 5.91 Å². The molecule has 0 spiro atoms. The van der Waals surface area contributed by atoms with Crippen LogP contribution in [0.5, 0.6) is 0 Å². The Kier molecular flexibility index (Phi) is 40.4. The summed E-state index contributed by atoms with van der Waals surface area (Å²) in [4.78, 5) is 25.9. The minimum Gasteiger partial charge on any atom is -0.462 e. The number of rotatable bonds is 39. The van der Waals surface area contributed by atoms with Crippen LogP contribution in [0.1, 0.15) is 201 Å². The molecule has 0 saturated carbocycles. The Morgan fingerprint density at radius 3 is 1.53 bits per heavy atom. The molecule has 0 aliphatic heterocycles. The molecule has 0 aromatic rings. The number of carbonyl (C=O) groups excluding carboxylic acids is 2. The van der Waals surface area contributed by atoms with Gasteiger partial charge in [-0.05, 0) is 77.0 Å². The Morgan fingerprint density at radius 2 is 1.00 bits per heavy atom. The van der Waals surface area contributed by atoms with Crippen LogP contribution in [0.15, 0.2) is 72.9 Å². The van der Waals surface area contributed by atoms with Crippen molar-refractivity contribution in [3.8, 4) is 0 Å². The maximum Gasteiger partial charge on any atom is 0.306 e. The van der Waals surface area contributed by atoms with Gasteiger partial charge >= 0.3 is 5.97 Å². The van der Waals surface area contributed by atoms with E-state index < -0.39 is 18.2 Å². The number of unbranched alkanes of at least 4 members (excludes halogenated alkanes) is 15. The Labute approximate surface area is 339 Å². The maximum atomic E-state index is 13.1. The predicted molar refractivity (Wildman–Crippen MR) is 236 cm³/mol. The van der Waals surface area contributed by atoms with Crippen molar-refractivity contribution < 1.29 is 24.5 Å². The van der Waals surface area contributed by atoms with E-state index in [-0.39, 0.29) is 31.3 Å². The van der Waals surface area contributed by atoms with E-state index in [0.29, 0.717) is 19.3 Å². The lowest BCUT2D eigenvalue weighted by Gasteiger charge is -2.24. The van der Waals surface area contributed by atoms with Crippen molar-refractivity contribution in [3.05, 3.63) is 72.9 Å². The van der Waals surface area contributed by atoms with Gasteiger partial charge in [0.25, 0.3) is 0 Å². The first-order valence-electron chi connectivity index (χ1n) is 22.7. The second-order valence-corrected chi connectivity index (χ2v) is 15.1. The van der Waals surface area contributed by atoms with Gasteiger partial charge in [-0.1, -0.05) is 184 Å². The SMILES string of the molecule is CC/C=C/C/C=C/C/C=C/C/C=C/C/C=C/CCC(=O)OC(CCC/C=C\CCCCCCCC)CC(=O)NC(CO)C(O)CCCCCCCCCCC. The number of aliphatic hydroxyl groups excluding tert-OH is 2. The van der Waals surface area contributed by atoms with E-state index in [1.165, 1.54) is 77.0 Å². The third-order valence-electron chi connectivity index (χ3n) is 9.78. The second-order valence-electron chi connectivity index (χ2n) is 15.1. The zero-order valence-electron chi connectivity index (χ0n) is 35.8. The number of ether oxygens (including phenoxy) is 1. The normalized spacial score (nSPS) is 14.1. The summed E-state index contributed by atoms with van der Waals surface area (Å²) in [5.74, 6) is -0.610. The summed E-state index contributed by atoms with van der Waals surface area (Å²) in [5.41, 5.74) is 0. The molecule has 3 atom stereocenters. The lowest BCUT2D eigenvalue weighted by Crippen LogP contribution is -2.46. The first-order chi connectivity index (χ1) is 27.0. The van der Waals surface area contributed by atoms with E-state index in [2.05, 4.69) is 92.9 Å². The van der Waals surface area contributed by atoms with Gasteiger partial charge in [0.1, 0.15) is 6.10 Å². The van der Waals surface area contributed by atoms with Crippen LogP contribution in [0.4, 0.5) is 0 Å². The minimum absolute atomic E-state index is 0.0239. The fourth-order valence-corrected chi connectivity index (χ4v) is 6.36. The van der Waals surface area contributed by atoms with Gasteiger partial charge in [-0.3, -0.25) is 9.59 Å². The third kappa shape index (κ3) is 38.0. The number of allylic oxidation sites excluding steroid dienone is 12. The van der Waals surface area contributed by atoms with E-state index in [4.69, 9.17) is 4.74 Å². The largest absolute Gasteiger partial charge is 0.462 e. The van der Waals surface area contributed by atoms with Crippen LogP contribution in [0, 0.1) is 0 Å². The summed E-state index contributed by atoms with van der Waals surface area (Å²) in [7, 11) is 0. The molecule has 3 unspecified atom stereocenters. The van der Waals surface area contributed by atoms with Gasteiger partial charge in [-0.25, -0.2) is 0 Å². The van der Waals surface area contributed by atoms with E-state index in [1.54, 1.807) is 0 Å². The molecule has 6 nitrogen and oxygen atoms in total. The molecule has 0 aromatic heterocycles. The smallest absolute Gasteiger partial charge is 0.306 e. The molecular weight excluding hydrogens is 683 g/mol. The topological polar surface area (TPSA) is 95.9 Å². The summed E-state index contributed by atoms with van der Waals surface area (Å²) in [6.45, 7) is 6.29. The molecule has 55 heavy (non-hydrogen) atoms. The highest BCUT2D eigenvalue weighted by molar-refractivity contribution is 5.77. The molecule has 0 aliphatic rings. The van der Waals surface area contributed by atoms with E-state index in [1.807, 2.05) is 6.08 Å². The Morgan fingerprint density at radius 1 is 0.545 bits per heavy atom. The number of hydrogen-bond donors (Lipinski definition) is 3. The second kappa shape index (κ2) is 42.4. The van der Waals surface area contributed by atoms with Crippen molar-refractivity contribution in [1.29, 1.82) is 0 Å². The average Bonchev–Trinajstić information content (AvgIpc) is 3.18. The number of esters is 1. The number of aliphatic hydroxyl groups is 2. The molecule has 0 aliphatic carbocycles. The van der Waals surface area contributed by atoms with Crippen LogP contribution in [0.3, 0.4) is 0 Å². The van der Waals surface area contributed by atoms with Crippen LogP contribution in [0.2, 0.25) is 0 Å². The summed E-state index contributed by atoms with van der Waals surface area (Å²) < 4.78 is 5.83. The van der Waals surface area contributed by atoms with Gasteiger partial charge in [-0.15, -0.1) is 0 Å². The molecule has 0 bridgehead atoms. The van der Waals surface area contributed by atoms with Crippen molar-refractivity contribution in [3.63, 3.8) is 0 Å². The molecule has 0 radical (unpaired) electrons. The maximum absolute atomic E-state index is 13.1. The first-order valence-corrected chi connectivity index (χ1v) is 22.7. The van der Waals surface area contributed by atoms with Crippen molar-refractivity contribution in [2.45, 2.75) is 219 Å². The highest BCUT2D eigenvalue weighted by Gasteiger charge is 2.23. The van der Waals surface area contributed by atoms with Gasteiger partial charge in [-0.2, -0.15) is 0 Å². The molecule has 316 valence electrons. The highest BCUT2D eigenvalue weighted by atomic mass is 16.5. The molecule has 3 N–H and O–H groups in total.